The van der Waals surface area contributed by atoms with E-state index in [0.29, 0.717) is 10.8 Å². The molecule has 2 rings (SSSR count). The molecule has 18 heavy (non-hydrogen) atoms. The third-order valence-electron chi connectivity index (χ3n) is 3.15. The topological polar surface area (TPSA) is 34.0 Å². The van der Waals surface area contributed by atoms with Crippen molar-refractivity contribution in [2.45, 2.75) is 0 Å². The van der Waals surface area contributed by atoms with Crippen LogP contribution in [0.5, 0.6) is 5.75 Å². The van der Waals surface area contributed by atoms with Crippen LogP contribution in [-0.4, -0.2) is 50.6 Å². The van der Waals surface area contributed by atoms with Gasteiger partial charge in [-0.05, 0) is 24.3 Å². The largest absolute Gasteiger partial charge is 0.484 e. The SMILES string of the molecule is C[NH+]1CCN(C(=O)COc2ccc(Cl)cc2)CC1. The predicted molar refractivity (Wildman–Crippen MR) is 70.1 cm³/mol. The summed E-state index contributed by atoms with van der Waals surface area (Å²) in [5, 5.41) is 0.663. The quantitative estimate of drug-likeness (QED) is 0.843. The number of nitrogens with one attached hydrogen (secondary N) is 1. The highest BCUT2D eigenvalue weighted by atomic mass is 35.5. The molecular formula is C13H18ClN2O2+. The molecule has 1 aromatic rings. The molecule has 0 atom stereocenters. The number of amides is 1. The molecule has 1 saturated heterocycles. The first-order valence-corrected chi connectivity index (χ1v) is 6.50. The molecule has 1 N–H and O–H groups in total. The third-order valence-corrected chi connectivity index (χ3v) is 3.40. The molecule has 0 aliphatic carbocycles. The Morgan fingerprint density at radius 2 is 1.94 bits per heavy atom. The molecule has 1 aromatic carbocycles. The summed E-state index contributed by atoms with van der Waals surface area (Å²) < 4.78 is 5.45. The van der Waals surface area contributed by atoms with E-state index in [1.54, 1.807) is 24.3 Å². The number of rotatable bonds is 3. The molecule has 0 aromatic heterocycles. The van der Waals surface area contributed by atoms with Crippen LogP contribution < -0.4 is 9.64 Å². The molecule has 0 saturated carbocycles. The van der Waals surface area contributed by atoms with Crippen molar-refractivity contribution in [2.75, 3.05) is 39.8 Å². The van der Waals surface area contributed by atoms with Crippen LogP contribution in [0.2, 0.25) is 5.02 Å². The van der Waals surface area contributed by atoms with Gasteiger partial charge >= 0.3 is 0 Å². The van der Waals surface area contributed by atoms with Crippen molar-refractivity contribution in [3.63, 3.8) is 0 Å². The van der Waals surface area contributed by atoms with Crippen molar-refractivity contribution >= 4 is 17.5 Å². The van der Waals surface area contributed by atoms with Crippen LogP contribution in [0, 0.1) is 0 Å². The van der Waals surface area contributed by atoms with Gasteiger partial charge in [0.25, 0.3) is 5.91 Å². The Kier molecular flexibility index (Phi) is 4.44. The van der Waals surface area contributed by atoms with Crippen molar-refractivity contribution < 1.29 is 14.4 Å². The Morgan fingerprint density at radius 1 is 1.33 bits per heavy atom. The third kappa shape index (κ3) is 3.62. The minimum Gasteiger partial charge on any atom is -0.484 e. The zero-order valence-corrected chi connectivity index (χ0v) is 11.2. The van der Waals surface area contributed by atoms with Crippen molar-refractivity contribution in [3.05, 3.63) is 29.3 Å². The van der Waals surface area contributed by atoms with Gasteiger partial charge in [0.2, 0.25) is 0 Å². The number of benzene rings is 1. The van der Waals surface area contributed by atoms with E-state index in [0.717, 1.165) is 26.2 Å². The summed E-state index contributed by atoms with van der Waals surface area (Å²) in [6.07, 6.45) is 0. The second kappa shape index (κ2) is 6.07. The lowest BCUT2D eigenvalue weighted by atomic mass is 10.3. The molecule has 1 aliphatic rings. The predicted octanol–water partition coefficient (Wildman–Crippen LogP) is 0.0757. The zero-order chi connectivity index (χ0) is 13.0. The smallest absolute Gasteiger partial charge is 0.260 e. The summed E-state index contributed by atoms with van der Waals surface area (Å²) in [4.78, 5) is 15.2. The van der Waals surface area contributed by atoms with Gasteiger partial charge in [-0.2, -0.15) is 0 Å². The number of carbonyl (C=O) groups is 1. The minimum atomic E-state index is 0.0532. The Labute approximate surface area is 112 Å². The summed E-state index contributed by atoms with van der Waals surface area (Å²) in [7, 11) is 2.14. The maximum absolute atomic E-state index is 11.9. The molecule has 0 unspecified atom stereocenters. The van der Waals surface area contributed by atoms with Crippen molar-refractivity contribution in [3.8, 4) is 5.75 Å². The van der Waals surface area contributed by atoms with E-state index in [9.17, 15) is 4.79 Å². The number of quaternary nitrogens is 1. The number of hydrogen-bond acceptors (Lipinski definition) is 2. The summed E-state index contributed by atoms with van der Waals surface area (Å²) >= 11 is 5.78. The number of nitrogens with zero attached hydrogens (tertiary/aromatic N) is 1. The van der Waals surface area contributed by atoms with E-state index in [2.05, 4.69) is 7.05 Å². The Morgan fingerprint density at radius 3 is 2.56 bits per heavy atom. The highest BCUT2D eigenvalue weighted by Crippen LogP contribution is 2.15. The van der Waals surface area contributed by atoms with Crippen LogP contribution >= 0.6 is 11.6 Å². The van der Waals surface area contributed by atoms with Gasteiger partial charge in [-0.3, -0.25) is 4.79 Å². The molecule has 5 heteroatoms. The molecule has 0 bridgehead atoms. The van der Waals surface area contributed by atoms with Crippen molar-refractivity contribution in [1.29, 1.82) is 0 Å². The van der Waals surface area contributed by atoms with E-state index in [1.165, 1.54) is 4.90 Å². The van der Waals surface area contributed by atoms with Crippen LogP contribution in [-0.2, 0) is 4.79 Å². The Bertz CT molecular complexity index is 400. The maximum atomic E-state index is 11.9. The van der Waals surface area contributed by atoms with Gasteiger partial charge in [-0.15, -0.1) is 0 Å². The highest BCUT2D eigenvalue weighted by Gasteiger charge is 2.21. The van der Waals surface area contributed by atoms with Crippen LogP contribution in [0.1, 0.15) is 0 Å². The molecule has 0 radical (unpaired) electrons. The maximum Gasteiger partial charge on any atom is 0.260 e. The zero-order valence-electron chi connectivity index (χ0n) is 10.5. The van der Waals surface area contributed by atoms with Gasteiger partial charge in [0, 0.05) is 5.02 Å². The van der Waals surface area contributed by atoms with Gasteiger partial charge in [-0.25, -0.2) is 0 Å². The fraction of sp³-hybridized carbons (Fsp3) is 0.462. The molecule has 98 valence electrons. The normalized spacial score (nSPS) is 16.7. The first-order valence-electron chi connectivity index (χ1n) is 6.12. The number of carbonyl (C=O) groups excluding carboxylic acids is 1. The van der Waals surface area contributed by atoms with Crippen molar-refractivity contribution in [2.24, 2.45) is 0 Å². The average Bonchev–Trinajstić information content (AvgIpc) is 2.38. The molecule has 1 heterocycles. The summed E-state index contributed by atoms with van der Waals surface area (Å²) in [5.74, 6) is 0.727. The van der Waals surface area contributed by atoms with Gasteiger partial charge in [0.15, 0.2) is 6.61 Å². The second-order valence-corrected chi connectivity index (χ2v) is 5.02. The summed E-state index contributed by atoms with van der Waals surface area (Å²) in [6, 6.07) is 7.04. The highest BCUT2D eigenvalue weighted by molar-refractivity contribution is 6.30. The lowest BCUT2D eigenvalue weighted by Gasteiger charge is -2.29. The fourth-order valence-corrected chi connectivity index (χ4v) is 2.03. The van der Waals surface area contributed by atoms with E-state index >= 15 is 0 Å². The number of piperazine rings is 1. The van der Waals surface area contributed by atoms with Crippen LogP contribution in [0.25, 0.3) is 0 Å². The molecule has 0 spiro atoms. The molecule has 1 amide bonds. The van der Waals surface area contributed by atoms with Gasteiger partial charge in [-0.1, -0.05) is 11.6 Å². The lowest BCUT2D eigenvalue weighted by molar-refractivity contribution is -0.883. The minimum absolute atomic E-state index is 0.0532. The fourth-order valence-electron chi connectivity index (χ4n) is 1.91. The Hall–Kier alpha value is -1.26. The van der Waals surface area contributed by atoms with E-state index in [4.69, 9.17) is 16.3 Å². The first-order chi connectivity index (χ1) is 8.65. The monoisotopic (exact) mass is 269 g/mol. The molecule has 4 nitrogen and oxygen atoms in total. The standard InChI is InChI=1S/C13H17ClN2O2/c1-15-6-8-16(9-7-15)13(17)10-18-12-4-2-11(14)3-5-12/h2-5H,6-10H2,1H3/p+1. The van der Waals surface area contributed by atoms with Crippen LogP contribution in [0.15, 0.2) is 24.3 Å². The van der Waals surface area contributed by atoms with E-state index in [1.807, 2.05) is 4.90 Å². The van der Waals surface area contributed by atoms with Gasteiger partial charge < -0.3 is 14.5 Å². The average molecular weight is 270 g/mol. The van der Waals surface area contributed by atoms with Gasteiger partial charge in [0.05, 0.1) is 33.2 Å². The summed E-state index contributed by atoms with van der Waals surface area (Å²) in [6.45, 7) is 3.74. The van der Waals surface area contributed by atoms with Crippen molar-refractivity contribution in [1.82, 2.24) is 4.90 Å². The number of halogens is 1. The second-order valence-electron chi connectivity index (χ2n) is 4.58. The molecule has 1 fully saturated rings. The molecule has 1 aliphatic heterocycles. The van der Waals surface area contributed by atoms with Crippen LogP contribution in [0.3, 0.4) is 0 Å². The number of ether oxygens (including phenoxy) is 1. The lowest BCUT2D eigenvalue weighted by Crippen LogP contribution is -3.12. The van der Waals surface area contributed by atoms with E-state index < -0.39 is 0 Å². The van der Waals surface area contributed by atoms with Crippen LogP contribution in [0.4, 0.5) is 0 Å². The number of hydrogen-bond donors (Lipinski definition) is 1. The van der Waals surface area contributed by atoms with E-state index in [-0.39, 0.29) is 12.5 Å². The molecular weight excluding hydrogens is 252 g/mol. The summed E-state index contributed by atoms with van der Waals surface area (Å²) in [5.41, 5.74) is 0. The Balaban J connectivity index is 1.79. The first kappa shape index (κ1) is 13.2. The van der Waals surface area contributed by atoms with Gasteiger partial charge in [0.1, 0.15) is 5.75 Å². The number of likely N-dealkylation sites (N-methyl/N-ethyl adjacent to an activating group) is 1.